The smallest absolute Gasteiger partial charge is 0.280 e. The molecule has 1 aliphatic heterocycles. The normalized spacial score (nSPS) is 15.2. The molecule has 0 bridgehead atoms. The number of primary amides is 1. The first-order valence-electron chi connectivity index (χ1n) is 11.8. The number of benzene rings is 2. The Labute approximate surface area is 216 Å². The Hall–Kier alpha value is -4.48. The minimum absolute atomic E-state index is 0.0278. The number of nitrogens with zero attached hydrogens (tertiary/aromatic N) is 3. The van der Waals surface area contributed by atoms with Crippen molar-refractivity contribution in [2.45, 2.75) is 18.2 Å². The van der Waals surface area contributed by atoms with Crippen LogP contribution in [0.1, 0.15) is 15.9 Å². The van der Waals surface area contributed by atoms with Crippen LogP contribution < -0.4 is 11.1 Å². The Morgan fingerprint density at radius 3 is 2.39 bits per heavy atom. The molecule has 2 amide bonds. The van der Waals surface area contributed by atoms with E-state index in [1.807, 2.05) is 30.3 Å². The van der Waals surface area contributed by atoms with E-state index in [2.05, 4.69) is 15.4 Å². The summed E-state index contributed by atoms with van der Waals surface area (Å²) in [6.45, 7) is 0.260. The number of nitrogens with two attached hydrogens (primary N) is 1. The van der Waals surface area contributed by atoms with Crippen LogP contribution in [0.25, 0.3) is 17.1 Å². The maximum Gasteiger partial charge on any atom is 0.280 e. The highest BCUT2D eigenvalue weighted by molar-refractivity contribution is 5.98. The molecule has 1 atom stereocenters. The average Bonchev–Trinajstić information content (AvgIpc) is 3.60. The van der Waals surface area contributed by atoms with Crippen molar-refractivity contribution in [3.8, 4) is 17.1 Å². The van der Waals surface area contributed by atoms with Gasteiger partial charge < -0.3 is 20.5 Å². The summed E-state index contributed by atoms with van der Waals surface area (Å²) in [4.78, 5) is 30.3. The molecule has 2 aromatic heterocycles. The highest BCUT2D eigenvalue weighted by atomic mass is 19.1. The number of carbonyl (C=O) groups excluding carboxylic acids is 2. The quantitative estimate of drug-likeness (QED) is 0.369. The lowest BCUT2D eigenvalue weighted by atomic mass is 9.97. The molecular formula is C27H23F2N5O4. The molecule has 0 radical (unpaired) electrons. The van der Waals surface area contributed by atoms with Crippen molar-refractivity contribution in [3.63, 3.8) is 0 Å². The van der Waals surface area contributed by atoms with Gasteiger partial charge in [-0.2, -0.15) is 5.10 Å². The molecule has 0 aliphatic carbocycles. The van der Waals surface area contributed by atoms with Gasteiger partial charge in [-0.25, -0.2) is 18.4 Å². The monoisotopic (exact) mass is 519 g/mol. The summed E-state index contributed by atoms with van der Waals surface area (Å²) in [5.74, 6) is -4.78. The van der Waals surface area contributed by atoms with E-state index in [0.717, 1.165) is 17.7 Å². The van der Waals surface area contributed by atoms with Crippen LogP contribution in [-0.2, 0) is 20.7 Å². The van der Waals surface area contributed by atoms with Crippen LogP contribution in [0, 0.1) is 11.6 Å². The average molecular weight is 520 g/mol. The first kappa shape index (κ1) is 25.2. The summed E-state index contributed by atoms with van der Waals surface area (Å²) in [6.07, 6.45) is 3.08. The zero-order chi connectivity index (χ0) is 26.7. The van der Waals surface area contributed by atoms with Crippen molar-refractivity contribution < 1.29 is 27.8 Å². The predicted molar refractivity (Wildman–Crippen MR) is 132 cm³/mol. The van der Waals surface area contributed by atoms with E-state index >= 15 is 0 Å². The summed E-state index contributed by atoms with van der Waals surface area (Å²) in [7, 11) is 0. The lowest BCUT2D eigenvalue weighted by molar-refractivity contribution is -0.189. The molecular weight excluding hydrogens is 496 g/mol. The zero-order valence-corrected chi connectivity index (χ0v) is 20.0. The number of nitrogens with one attached hydrogen (secondary N) is 1. The number of halogens is 2. The fraction of sp³-hybridized carbons (Fsp3) is 0.185. The molecule has 9 nitrogen and oxygen atoms in total. The molecule has 0 saturated carbocycles. The van der Waals surface area contributed by atoms with E-state index in [0.29, 0.717) is 0 Å². The summed E-state index contributed by atoms with van der Waals surface area (Å²) < 4.78 is 41.1. The van der Waals surface area contributed by atoms with Gasteiger partial charge in [0.15, 0.2) is 5.82 Å². The summed E-state index contributed by atoms with van der Waals surface area (Å²) >= 11 is 0. The van der Waals surface area contributed by atoms with Crippen LogP contribution in [0.2, 0.25) is 0 Å². The summed E-state index contributed by atoms with van der Waals surface area (Å²) in [5.41, 5.74) is 6.31. The number of aromatic nitrogens is 3. The van der Waals surface area contributed by atoms with Gasteiger partial charge >= 0.3 is 0 Å². The number of ether oxygens (including phenoxy) is 2. The van der Waals surface area contributed by atoms with Crippen LogP contribution in [0.15, 0.2) is 79.1 Å². The van der Waals surface area contributed by atoms with Crippen molar-refractivity contribution in [2.24, 2.45) is 5.73 Å². The van der Waals surface area contributed by atoms with Crippen LogP contribution in [0.3, 0.4) is 0 Å². The molecule has 194 valence electrons. The van der Waals surface area contributed by atoms with Gasteiger partial charge in [-0.15, -0.1) is 0 Å². The van der Waals surface area contributed by atoms with Gasteiger partial charge in [0.1, 0.15) is 11.6 Å². The van der Waals surface area contributed by atoms with E-state index in [9.17, 15) is 18.4 Å². The van der Waals surface area contributed by atoms with Crippen molar-refractivity contribution in [2.75, 3.05) is 13.2 Å². The van der Waals surface area contributed by atoms with E-state index < -0.39 is 35.3 Å². The first-order valence-corrected chi connectivity index (χ1v) is 11.8. The maximum absolute atomic E-state index is 14.3. The van der Waals surface area contributed by atoms with E-state index in [-0.39, 0.29) is 42.3 Å². The second-order valence-corrected chi connectivity index (χ2v) is 8.56. The maximum atomic E-state index is 14.3. The minimum atomic E-state index is -1.87. The van der Waals surface area contributed by atoms with Crippen LogP contribution in [0.5, 0.6) is 0 Å². The van der Waals surface area contributed by atoms with E-state index in [1.165, 1.54) is 35.3 Å². The zero-order valence-electron chi connectivity index (χ0n) is 20.0. The van der Waals surface area contributed by atoms with Gasteiger partial charge in [-0.05, 0) is 42.3 Å². The van der Waals surface area contributed by atoms with Gasteiger partial charge in [-0.3, -0.25) is 9.59 Å². The van der Waals surface area contributed by atoms with E-state index in [1.54, 1.807) is 6.07 Å². The third kappa shape index (κ3) is 4.76. The standard InChI is InChI=1S/C27H23F2N5O4/c28-19-9-4-10-20(29)23(19)21-11-13-34(33-21)24-18(8-5-12-31-24)25(35)32-22(16-17-6-2-1-3-7-17)27(26(30)36)37-14-15-38-27/h1-13,22H,14-16H2,(H2,30,36)(H,32,35). The Morgan fingerprint density at radius 2 is 1.71 bits per heavy atom. The van der Waals surface area contributed by atoms with Gasteiger partial charge in [0.2, 0.25) is 0 Å². The number of amides is 2. The van der Waals surface area contributed by atoms with Crippen LogP contribution in [0.4, 0.5) is 8.78 Å². The summed E-state index contributed by atoms with van der Waals surface area (Å²) in [5, 5.41) is 7.07. The summed E-state index contributed by atoms with van der Waals surface area (Å²) in [6, 6.07) is 16.2. The van der Waals surface area contributed by atoms with Gasteiger partial charge in [0.05, 0.1) is 36.1 Å². The molecule has 4 aromatic rings. The highest BCUT2D eigenvalue weighted by Crippen LogP contribution is 2.28. The minimum Gasteiger partial charge on any atom is -0.365 e. The first-order chi connectivity index (χ1) is 18.4. The Balaban J connectivity index is 1.48. The molecule has 3 heterocycles. The molecule has 3 N–H and O–H groups in total. The Morgan fingerprint density at radius 1 is 1.00 bits per heavy atom. The molecule has 1 unspecified atom stereocenters. The highest BCUT2D eigenvalue weighted by Gasteiger charge is 2.51. The van der Waals surface area contributed by atoms with Crippen molar-refractivity contribution in [3.05, 3.63) is 102 Å². The van der Waals surface area contributed by atoms with Crippen molar-refractivity contribution in [1.82, 2.24) is 20.1 Å². The molecule has 5 rings (SSSR count). The number of rotatable bonds is 8. The molecule has 11 heteroatoms. The number of hydrogen-bond donors (Lipinski definition) is 2. The molecule has 2 aromatic carbocycles. The lowest BCUT2D eigenvalue weighted by Crippen LogP contribution is -2.61. The van der Waals surface area contributed by atoms with Gasteiger partial charge in [0.25, 0.3) is 17.6 Å². The van der Waals surface area contributed by atoms with Crippen molar-refractivity contribution >= 4 is 11.8 Å². The SMILES string of the molecule is NC(=O)C1(C(Cc2ccccc2)NC(=O)c2cccnc2-n2ccc(-c3c(F)cccc3F)n2)OCCO1. The second kappa shape index (κ2) is 10.5. The second-order valence-electron chi connectivity index (χ2n) is 8.56. The third-order valence-electron chi connectivity index (χ3n) is 6.16. The fourth-order valence-electron chi connectivity index (χ4n) is 4.38. The van der Waals surface area contributed by atoms with Crippen LogP contribution >= 0.6 is 0 Å². The number of pyridine rings is 1. The van der Waals surface area contributed by atoms with Gasteiger partial charge in [-0.1, -0.05) is 36.4 Å². The Kier molecular flexibility index (Phi) is 6.95. The number of hydrogen-bond acceptors (Lipinski definition) is 6. The largest absolute Gasteiger partial charge is 0.365 e. The van der Waals surface area contributed by atoms with Crippen molar-refractivity contribution in [1.29, 1.82) is 0 Å². The predicted octanol–water partition coefficient (Wildman–Crippen LogP) is 2.78. The van der Waals surface area contributed by atoms with Gasteiger partial charge in [0, 0.05) is 12.4 Å². The topological polar surface area (TPSA) is 121 Å². The molecule has 1 aliphatic rings. The third-order valence-corrected chi connectivity index (χ3v) is 6.16. The lowest BCUT2D eigenvalue weighted by Gasteiger charge is -2.33. The fourth-order valence-corrected chi connectivity index (χ4v) is 4.38. The van der Waals surface area contributed by atoms with Crippen LogP contribution in [-0.4, -0.2) is 51.6 Å². The molecule has 0 spiro atoms. The Bertz CT molecular complexity index is 1450. The van der Waals surface area contributed by atoms with E-state index in [4.69, 9.17) is 15.2 Å². The number of carbonyl (C=O) groups is 2. The molecule has 1 saturated heterocycles. The molecule has 38 heavy (non-hydrogen) atoms. The molecule has 1 fully saturated rings.